The third-order valence-electron chi connectivity index (χ3n) is 1.46. The summed E-state index contributed by atoms with van der Waals surface area (Å²) in [5, 5.41) is 0.751. The monoisotopic (exact) mass is 174 g/mol. The van der Waals surface area contributed by atoms with Crippen LogP contribution in [-0.4, -0.2) is 0 Å². The second-order valence-corrected chi connectivity index (χ2v) is 2.91. The van der Waals surface area contributed by atoms with Gasteiger partial charge in [0.1, 0.15) is 0 Å². The highest BCUT2D eigenvalue weighted by Crippen LogP contribution is 2.16. The Morgan fingerprint density at radius 3 is 2.60 bits per heavy atom. The van der Waals surface area contributed by atoms with Gasteiger partial charge in [0.25, 0.3) is 0 Å². The molecule has 10 heavy (non-hydrogen) atoms. The zero-order chi connectivity index (χ0) is 7.56. The Kier molecular flexibility index (Phi) is 2.58. The Labute approximate surface area is 70.8 Å². The summed E-state index contributed by atoms with van der Waals surface area (Å²) in [4.78, 5) is 0. The van der Waals surface area contributed by atoms with Crippen molar-refractivity contribution in [2.24, 2.45) is 0 Å². The van der Waals surface area contributed by atoms with Crippen LogP contribution in [-0.2, 0) is 5.88 Å². The molecule has 0 heterocycles. The average molecular weight is 175 g/mol. The van der Waals surface area contributed by atoms with Crippen LogP contribution in [0.2, 0.25) is 5.02 Å². The summed E-state index contributed by atoms with van der Waals surface area (Å²) in [5.41, 5.74) is 2.30. The van der Waals surface area contributed by atoms with Crippen LogP contribution in [0.1, 0.15) is 11.1 Å². The Balaban J connectivity index is 3.09. The van der Waals surface area contributed by atoms with Crippen LogP contribution in [0, 0.1) is 6.92 Å². The molecule has 0 aliphatic heterocycles. The van der Waals surface area contributed by atoms with Crippen LogP contribution in [0.4, 0.5) is 0 Å². The van der Waals surface area contributed by atoms with E-state index in [1.807, 2.05) is 25.1 Å². The molecule has 0 aliphatic carbocycles. The van der Waals surface area contributed by atoms with Crippen LogP contribution in [0.15, 0.2) is 18.2 Å². The molecule has 0 fully saturated rings. The minimum absolute atomic E-state index is 0.534. The molecule has 0 nitrogen and oxygen atoms in total. The van der Waals surface area contributed by atoms with Crippen molar-refractivity contribution >= 4 is 23.2 Å². The smallest absolute Gasteiger partial charge is 0.0477 e. The van der Waals surface area contributed by atoms with E-state index < -0.39 is 0 Å². The van der Waals surface area contributed by atoms with Gasteiger partial charge in [-0.1, -0.05) is 17.7 Å². The van der Waals surface area contributed by atoms with E-state index in [0.29, 0.717) is 5.88 Å². The number of alkyl halides is 1. The second-order valence-electron chi connectivity index (χ2n) is 2.20. The summed E-state index contributed by atoms with van der Waals surface area (Å²) in [5.74, 6) is 0.534. The fourth-order valence-corrected chi connectivity index (χ4v) is 1.27. The van der Waals surface area contributed by atoms with E-state index >= 15 is 0 Å². The van der Waals surface area contributed by atoms with Gasteiger partial charge < -0.3 is 0 Å². The number of hydrogen-bond acceptors (Lipinski definition) is 0. The van der Waals surface area contributed by atoms with Gasteiger partial charge in [-0.3, -0.25) is 0 Å². The predicted molar refractivity (Wildman–Crippen MR) is 45.7 cm³/mol. The van der Waals surface area contributed by atoms with Gasteiger partial charge in [-0.15, -0.1) is 11.6 Å². The van der Waals surface area contributed by atoms with E-state index in [9.17, 15) is 0 Å². The van der Waals surface area contributed by atoms with Crippen LogP contribution >= 0.6 is 23.2 Å². The van der Waals surface area contributed by atoms with Gasteiger partial charge in [-0.05, 0) is 30.2 Å². The maximum Gasteiger partial charge on any atom is 0.0477 e. The van der Waals surface area contributed by atoms with Gasteiger partial charge in [0.05, 0.1) is 0 Å². The number of halogens is 2. The lowest BCUT2D eigenvalue weighted by Gasteiger charge is -2.00. The van der Waals surface area contributed by atoms with Crippen LogP contribution in [0.25, 0.3) is 0 Å². The Morgan fingerprint density at radius 1 is 1.40 bits per heavy atom. The highest BCUT2D eigenvalue weighted by Gasteiger charge is 1.95. The first-order valence-corrected chi connectivity index (χ1v) is 3.96. The summed E-state index contributed by atoms with van der Waals surface area (Å²) in [7, 11) is 0. The first-order chi connectivity index (χ1) is 4.74. The quantitative estimate of drug-likeness (QED) is 0.574. The maximum atomic E-state index is 5.74. The molecule has 0 amide bonds. The molecule has 2 heteroatoms. The zero-order valence-electron chi connectivity index (χ0n) is 5.70. The van der Waals surface area contributed by atoms with Crippen molar-refractivity contribution in [3.63, 3.8) is 0 Å². The van der Waals surface area contributed by atoms with Gasteiger partial charge in [0, 0.05) is 10.9 Å². The van der Waals surface area contributed by atoms with Crippen molar-refractivity contribution in [1.82, 2.24) is 0 Å². The standard InChI is InChI=1S/C8H8Cl2/c1-6-2-3-8(10)4-7(6)5-9/h2-4H,5H2,1H3. The van der Waals surface area contributed by atoms with E-state index in [-0.39, 0.29) is 0 Å². The van der Waals surface area contributed by atoms with Crippen molar-refractivity contribution in [2.45, 2.75) is 12.8 Å². The fraction of sp³-hybridized carbons (Fsp3) is 0.250. The van der Waals surface area contributed by atoms with E-state index in [0.717, 1.165) is 10.6 Å². The highest BCUT2D eigenvalue weighted by atomic mass is 35.5. The van der Waals surface area contributed by atoms with E-state index in [1.54, 1.807) is 0 Å². The number of aryl methyl sites for hydroxylation is 1. The third-order valence-corrected chi connectivity index (χ3v) is 1.98. The molecular formula is C8H8Cl2. The summed E-state index contributed by atoms with van der Waals surface area (Å²) in [6.45, 7) is 2.02. The molecule has 0 aromatic heterocycles. The summed E-state index contributed by atoms with van der Waals surface area (Å²) in [6, 6.07) is 5.73. The SMILES string of the molecule is Cc1ccc(Cl)cc1CCl. The highest BCUT2D eigenvalue weighted by molar-refractivity contribution is 6.30. The Bertz CT molecular complexity index is 231. The van der Waals surface area contributed by atoms with Gasteiger partial charge in [0.15, 0.2) is 0 Å². The normalized spacial score (nSPS) is 9.90. The number of benzene rings is 1. The summed E-state index contributed by atoms with van der Waals surface area (Å²) >= 11 is 11.4. The van der Waals surface area contributed by atoms with Crippen LogP contribution in [0.3, 0.4) is 0 Å². The van der Waals surface area contributed by atoms with Gasteiger partial charge in [0.2, 0.25) is 0 Å². The predicted octanol–water partition coefficient (Wildman–Crippen LogP) is 3.39. The molecule has 1 rings (SSSR count). The topological polar surface area (TPSA) is 0 Å². The minimum atomic E-state index is 0.534. The molecule has 0 spiro atoms. The van der Waals surface area contributed by atoms with Gasteiger partial charge >= 0.3 is 0 Å². The third kappa shape index (κ3) is 1.65. The molecule has 0 aliphatic rings. The molecule has 0 unspecified atom stereocenters. The van der Waals surface area contributed by atoms with Crippen molar-refractivity contribution < 1.29 is 0 Å². The number of hydrogen-bond donors (Lipinski definition) is 0. The molecule has 0 N–H and O–H groups in total. The summed E-state index contributed by atoms with van der Waals surface area (Å²) in [6.07, 6.45) is 0. The van der Waals surface area contributed by atoms with Crippen molar-refractivity contribution in [3.05, 3.63) is 34.3 Å². The second kappa shape index (κ2) is 3.27. The molecular weight excluding hydrogens is 167 g/mol. The molecule has 1 aromatic carbocycles. The molecule has 0 atom stereocenters. The Hall–Kier alpha value is -0.200. The fourth-order valence-electron chi connectivity index (χ4n) is 0.784. The van der Waals surface area contributed by atoms with E-state index in [4.69, 9.17) is 23.2 Å². The van der Waals surface area contributed by atoms with Crippen molar-refractivity contribution in [3.8, 4) is 0 Å². The lowest BCUT2D eigenvalue weighted by atomic mass is 10.1. The van der Waals surface area contributed by atoms with Crippen molar-refractivity contribution in [1.29, 1.82) is 0 Å². The van der Waals surface area contributed by atoms with E-state index in [1.165, 1.54) is 5.56 Å². The summed E-state index contributed by atoms with van der Waals surface area (Å²) < 4.78 is 0. The van der Waals surface area contributed by atoms with Crippen molar-refractivity contribution in [2.75, 3.05) is 0 Å². The Morgan fingerprint density at radius 2 is 2.10 bits per heavy atom. The zero-order valence-corrected chi connectivity index (χ0v) is 7.21. The van der Waals surface area contributed by atoms with Gasteiger partial charge in [-0.2, -0.15) is 0 Å². The average Bonchev–Trinajstić information content (AvgIpc) is 1.94. The van der Waals surface area contributed by atoms with Gasteiger partial charge in [-0.25, -0.2) is 0 Å². The molecule has 54 valence electrons. The van der Waals surface area contributed by atoms with Crippen LogP contribution in [0.5, 0.6) is 0 Å². The lowest BCUT2D eigenvalue weighted by molar-refractivity contribution is 1.30. The minimum Gasteiger partial charge on any atom is -0.122 e. The molecule has 0 radical (unpaired) electrons. The molecule has 0 saturated carbocycles. The maximum absolute atomic E-state index is 5.74. The first-order valence-electron chi connectivity index (χ1n) is 3.05. The molecule has 1 aromatic rings. The number of rotatable bonds is 1. The van der Waals surface area contributed by atoms with E-state index in [2.05, 4.69) is 0 Å². The largest absolute Gasteiger partial charge is 0.122 e. The molecule has 0 bridgehead atoms. The lowest BCUT2D eigenvalue weighted by Crippen LogP contribution is -1.82. The van der Waals surface area contributed by atoms with Crippen LogP contribution < -0.4 is 0 Å². The first kappa shape index (κ1) is 7.90. The molecule has 0 saturated heterocycles.